The number of aliphatic imine (C=N–C) groups is 1. The molecule has 0 saturated heterocycles. The van der Waals surface area contributed by atoms with Crippen molar-refractivity contribution in [1.82, 2.24) is 4.57 Å². The van der Waals surface area contributed by atoms with Crippen LogP contribution in [0.25, 0.3) is 5.57 Å². The van der Waals surface area contributed by atoms with Gasteiger partial charge in [0.15, 0.2) is 0 Å². The number of halogens is 3. The van der Waals surface area contributed by atoms with E-state index in [1.165, 1.54) is 11.1 Å². The van der Waals surface area contributed by atoms with E-state index in [4.69, 9.17) is 21.3 Å². The number of nitrogens with zero attached hydrogens (tertiary/aromatic N) is 3. The summed E-state index contributed by atoms with van der Waals surface area (Å²) in [6.45, 7) is 35.0. The fourth-order valence-electron chi connectivity index (χ4n) is 7.21. The molecule has 7 heteroatoms. The maximum absolute atomic E-state index is 15.5. The lowest BCUT2D eigenvalue weighted by Crippen LogP contribution is -2.29. The van der Waals surface area contributed by atoms with E-state index in [-0.39, 0.29) is 22.7 Å². The van der Waals surface area contributed by atoms with Gasteiger partial charge >= 0.3 is 0 Å². The monoisotopic (exact) mass is 755 g/mol. The summed E-state index contributed by atoms with van der Waals surface area (Å²) < 4.78 is 24.9. The van der Waals surface area contributed by atoms with Gasteiger partial charge in [-0.3, -0.25) is 4.99 Å². The highest BCUT2D eigenvalue weighted by Gasteiger charge is 2.44. The molecule has 1 aromatic heterocycles. The fraction of sp³-hybridized carbons (Fsp3) is 0.619. The Morgan fingerprint density at radius 2 is 1.49 bits per heavy atom. The smallest absolute Gasteiger partial charge is 0.142 e. The Bertz CT molecular complexity index is 1750. The van der Waals surface area contributed by atoms with E-state index in [0.29, 0.717) is 34.0 Å². The summed E-state index contributed by atoms with van der Waals surface area (Å²) in [4.78, 5) is 5.72. The maximum atomic E-state index is 15.5. The van der Waals surface area contributed by atoms with Crippen molar-refractivity contribution in [3.8, 4) is 11.8 Å². The van der Waals surface area contributed by atoms with Crippen LogP contribution in [0.3, 0.4) is 0 Å². The molecule has 0 amide bonds. The Kier molecular flexibility index (Phi) is 12.0. The van der Waals surface area contributed by atoms with Gasteiger partial charge in [-0.25, -0.2) is 4.39 Å². The van der Waals surface area contributed by atoms with Gasteiger partial charge in [0.25, 0.3) is 0 Å². The van der Waals surface area contributed by atoms with E-state index in [0.717, 1.165) is 56.9 Å². The summed E-state index contributed by atoms with van der Waals surface area (Å²) in [5.74, 6) is 0.638. The number of hydrogen-bond acceptors (Lipinski definition) is 3. The van der Waals surface area contributed by atoms with E-state index >= 15 is 4.39 Å². The van der Waals surface area contributed by atoms with Crippen LogP contribution in [0.1, 0.15) is 149 Å². The minimum atomic E-state index is -1.13. The number of alkyl halides is 1. The summed E-state index contributed by atoms with van der Waals surface area (Å²) in [5, 5.41) is 11.0. The van der Waals surface area contributed by atoms with Crippen molar-refractivity contribution in [2.45, 2.75) is 142 Å². The quantitative estimate of drug-likeness (QED) is 0.269. The van der Waals surface area contributed by atoms with Crippen LogP contribution >= 0.6 is 27.5 Å². The van der Waals surface area contributed by atoms with E-state index in [1.807, 2.05) is 14.0 Å². The molecule has 1 unspecified atom stereocenters. The molecule has 0 aliphatic carbocycles. The van der Waals surface area contributed by atoms with Crippen molar-refractivity contribution in [1.29, 1.82) is 5.26 Å². The van der Waals surface area contributed by atoms with Crippen molar-refractivity contribution >= 4 is 38.8 Å². The highest BCUT2D eigenvalue weighted by Crippen LogP contribution is 2.55. The average Bonchev–Trinajstić information content (AvgIpc) is 3.48. The molecule has 270 valence electrons. The molecule has 1 aliphatic rings. The van der Waals surface area contributed by atoms with Gasteiger partial charge < -0.3 is 9.30 Å². The molecular formula is C42H60BrClFN3O. The highest BCUT2D eigenvalue weighted by atomic mass is 79.9. The third kappa shape index (κ3) is 7.79. The molecule has 0 radical (unpaired) electrons. The highest BCUT2D eigenvalue weighted by molar-refractivity contribution is 9.10. The van der Waals surface area contributed by atoms with Crippen molar-refractivity contribution in [3.63, 3.8) is 0 Å². The molecule has 0 N–H and O–H groups in total. The molecule has 49 heavy (non-hydrogen) atoms. The average molecular weight is 757 g/mol. The lowest BCUT2D eigenvalue weighted by atomic mass is 9.68. The van der Waals surface area contributed by atoms with Gasteiger partial charge in [-0.05, 0) is 92.3 Å². The van der Waals surface area contributed by atoms with Gasteiger partial charge in [0.1, 0.15) is 22.6 Å². The van der Waals surface area contributed by atoms with Crippen LogP contribution in [0.15, 0.2) is 26.4 Å². The topological polar surface area (TPSA) is 50.3 Å². The van der Waals surface area contributed by atoms with E-state index in [9.17, 15) is 5.26 Å². The van der Waals surface area contributed by atoms with Gasteiger partial charge in [-0.1, -0.05) is 109 Å². The number of nitriles is 1. The first kappa shape index (κ1) is 41.1. The second-order valence-electron chi connectivity index (χ2n) is 17.8. The van der Waals surface area contributed by atoms with Crippen LogP contribution in [-0.2, 0) is 25.3 Å². The minimum absolute atomic E-state index is 0.170. The lowest BCUT2D eigenvalue weighted by Gasteiger charge is -2.35. The van der Waals surface area contributed by atoms with Gasteiger partial charge in [0.05, 0.1) is 34.3 Å². The third-order valence-corrected chi connectivity index (χ3v) is 10.6. The van der Waals surface area contributed by atoms with Gasteiger partial charge in [-0.2, -0.15) is 5.26 Å². The van der Waals surface area contributed by atoms with Gasteiger partial charge in [0.2, 0.25) is 0 Å². The summed E-state index contributed by atoms with van der Waals surface area (Å²) in [5.41, 5.74) is 9.86. The largest absolute Gasteiger partial charge is 0.492 e. The lowest BCUT2D eigenvalue weighted by molar-refractivity contribution is 0.307. The minimum Gasteiger partial charge on any atom is -0.492 e. The number of ether oxygens (including phenoxy) is 1. The molecule has 1 aromatic carbocycles. The molecule has 2 heterocycles. The molecule has 0 fully saturated rings. The summed E-state index contributed by atoms with van der Waals surface area (Å²) in [6, 6.07) is 2.49. The third-order valence-electron chi connectivity index (χ3n) is 9.22. The van der Waals surface area contributed by atoms with Crippen molar-refractivity contribution in [2.75, 3.05) is 6.61 Å². The normalized spacial score (nSPS) is 16.3. The van der Waals surface area contributed by atoms with E-state index in [1.54, 1.807) is 6.92 Å². The summed E-state index contributed by atoms with van der Waals surface area (Å²) in [7, 11) is 2.00. The van der Waals surface area contributed by atoms with E-state index < -0.39 is 11.6 Å². The molecule has 0 bridgehead atoms. The van der Waals surface area contributed by atoms with Crippen molar-refractivity contribution in [3.05, 3.63) is 65.5 Å². The van der Waals surface area contributed by atoms with Gasteiger partial charge in [-0.15, -0.1) is 0 Å². The molecule has 0 spiro atoms. The number of hydrogen-bond donors (Lipinski definition) is 0. The predicted octanol–water partition coefficient (Wildman–Crippen LogP) is 12.8. The molecule has 1 aliphatic heterocycles. The first-order valence-corrected chi connectivity index (χ1v) is 18.9. The standard InChI is InChI=1S/C42H60BrClFN3O/c1-18-20-49-36-30(39(5,6)7)28(26(21-23(3)45)24(4)33(36)44)29(35-25(19-2)27(22-46)38(43)48(35)17)34-31(40(8,9)10)32(41(11,12)13)37(47-34)42(14,15)16/h23H,18-21H2,1-17H3/b34-29-. The van der Waals surface area contributed by atoms with Crippen molar-refractivity contribution in [2.24, 2.45) is 28.3 Å². The van der Waals surface area contributed by atoms with Crippen molar-refractivity contribution < 1.29 is 9.13 Å². The number of allylic oxidation sites excluding steroid dienone is 2. The van der Waals surface area contributed by atoms with Crippen LogP contribution in [0.5, 0.6) is 5.75 Å². The number of aromatic nitrogens is 1. The second-order valence-corrected chi connectivity index (χ2v) is 18.9. The molecule has 4 nitrogen and oxygen atoms in total. The Morgan fingerprint density at radius 3 is 1.90 bits per heavy atom. The van der Waals surface area contributed by atoms with E-state index in [2.05, 4.69) is 123 Å². The maximum Gasteiger partial charge on any atom is 0.142 e. The molecule has 1 atom stereocenters. The first-order valence-electron chi connectivity index (χ1n) is 17.8. The zero-order chi connectivity index (χ0) is 37.8. The van der Waals surface area contributed by atoms with Crippen LogP contribution in [0.2, 0.25) is 5.02 Å². The summed E-state index contributed by atoms with van der Waals surface area (Å²) in [6.07, 6.45) is 0.475. The zero-order valence-electron chi connectivity index (χ0n) is 33.3. The second kappa shape index (κ2) is 14.3. The molecule has 2 aromatic rings. The number of rotatable bonds is 8. The zero-order valence-corrected chi connectivity index (χ0v) is 35.6. The number of benzene rings is 1. The molecular weight excluding hydrogens is 697 g/mol. The molecule has 0 saturated carbocycles. The fourth-order valence-corrected chi connectivity index (χ4v) is 7.98. The Balaban J connectivity index is 3.03. The molecule has 3 rings (SSSR count). The van der Waals surface area contributed by atoms with Gasteiger partial charge in [0, 0.05) is 30.0 Å². The Labute approximate surface area is 310 Å². The van der Waals surface area contributed by atoms with Crippen LogP contribution < -0.4 is 4.74 Å². The van der Waals surface area contributed by atoms with Crippen LogP contribution in [-0.4, -0.2) is 23.1 Å². The Hall–Kier alpha value is -2.36. The first-order chi connectivity index (χ1) is 22.3. The van der Waals surface area contributed by atoms with Crippen LogP contribution in [0, 0.1) is 34.5 Å². The summed E-state index contributed by atoms with van der Waals surface area (Å²) >= 11 is 11.1. The predicted molar refractivity (Wildman–Crippen MR) is 211 cm³/mol. The SMILES string of the molecule is CCCOc1c(Cl)c(C)c(CC(C)F)c(/C(=C2/N=C(C(C)(C)C)C(C(C)(C)C)=C2C(C)(C)C)c2c(CC)c(C#N)c(Br)n2C)c1C(C)(C)C. The Morgan fingerprint density at radius 1 is 0.939 bits per heavy atom. The van der Waals surface area contributed by atoms with Crippen LogP contribution in [0.4, 0.5) is 4.39 Å².